The zero-order valence-corrected chi connectivity index (χ0v) is 9.58. The van der Waals surface area contributed by atoms with Crippen molar-refractivity contribution < 1.29 is 9.15 Å². The van der Waals surface area contributed by atoms with Crippen molar-refractivity contribution in [3.05, 3.63) is 17.3 Å². The zero-order valence-electron chi connectivity index (χ0n) is 9.58. The lowest BCUT2D eigenvalue weighted by Gasteiger charge is -2.21. The Hall–Kier alpha value is -0.830. The fraction of sp³-hybridized carbons (Fsp3) is 0.750. The van der Waals surface area contributed by atoms with Crippen LogP contribution in [0.2, 0.25) is 0 Å². The minimum absolute atomic E-state index is 0.797. The van der Waals surface area contributed by atoms with Crippen molar-refractivity contribution in [3.63, 3.8) is 0 Å². The van der Waals surface area contributed by atoms with Crippen molar-refractivity contribution >= 4 is 0 Å². The van der Waals surface area contributed by atoms with Crippen LogP contribution in [0.3, 0.4) is 0 Å². The highest BCUT2D eigenvalue weighted by atomic mass is 16.5. The molecule has 0 spiro atoms. The Morgan fingerprint density at radius 3 is 2.60 bits per heavy atom. The first-order chi connectivity index (χ1) is 7.25. The lowest BCUT2D eigenvalue weighted by Crippen LogP contribution is -2.16. The summed E-state index contributed by atoms with van der Waals surface area (Å²) < 4.78 is 10.9. The Morgan fingerprint density at radius 2 is 2.00 bits per heavy atom. The molecule has 3 heteroatoms. The van der Waals surface area contributed by atoms with Crippen LogP contribution in [-0.4, -0.2) is 18.2 Å². The molecule has 3 nitrogen and oxygen atoms in total. The number of ether oxygens (including phenoxy) is 1. The second-order valence-electron chi connectivity index (χ2n) is 4.34. The van der Waals surface area contributed by atoms with Crippen molar-refractivity contribution in [3.8, 4) is 0 Å². The predicted octanol–water partition coefficient (Wildman–Crippen LogP) is 2.65. The van der Waals surface area contributed by atoms with Crippen LogP contribution < -0.4 is 0 Å². The van der Waals surface area contributed by atoms with Gasteiger partial charge < -0.3 is 9.15 Å². The molecule has 1 aliphatic heterocycles. The molecule has 0 aliphatic carbocycles. The number of aromatic nitrogens is 1. The maximum atomic E-state index is 5.56. The van der Waals surface area contributed by atoms with Gasteiger partial charge in [0.1, 0.15) is 5.76 Å². The normalized spacial score (nSPS) is 18.3. The summed E-state index contributed by atoms with van der Waals surface area (Å²) in [6, 6.07) is 0. The third-order valence-electron chi connectivity index (χ3n) is 3.18. The molecule has 0 atom stereocenters. The Morgan fingerprint density at radius 1 is 1.27 bits per heavy atom. The van der Waals surface area contributed by atoms with Crippen LogP contribution >= 0.6 is 0 Å². The van der Waals surface area contributed by atoms with Gasteiger partial charge in [0, 0.05) is 19.6 Å². The molecule has 0 N–H and O–H groups in total. The maximum Gasteiger partial charge on any atom is 0.194 e. The summed E-state index contributed by atoms with van der Waals surface area (Å²) in [7, 11) is 0. The van der Waals surface area contributed by atoms with E-state index in [-0.39, 0.29) is 0 Å². The summed E-state index contributed by atoms with van der Waals surface area (Å²) in [5.74, 6) is 2.65. The summed E-state index contributed by atoms with van der Waals surface area (Å²) in [6.45, 7) is 5.82. The second-order valence-corrected chi connectivity index (χ2v) is 4.34. The molecule has 1 fully saturated rings. The van der Waals surface area contributed by atoms with Crippen LogP contribution in [0.5, 0.6) is 0 Å². The highest BCUT2D eigenvalue weighted by Crippen LogP contribution is 2.21. The summed E-state index contributed by atoms with van der Waals surface area (Å²) >= 11 is 0. The summed E-state index contributed by atoms with van der Waals surface area (Å²) in [5, 5.41) is 0. The van der Waals surface area contributed by atoms with E-state index in [1.807, 2.05) is 13.8 Å². The average Bonchev–Trinajstić information content (AvgIpc) is 2.57. The fourth-order valence-electron chi connectivity index (χ4n) is 2.01. The molecule has 0 saturated carbocycles. The monoisotopic (exact) mass is 209 g/mol. The molecule has 2 rings (SSSR count). The predicted molar refractivity (Wildman–Crippen MR) is 57.8 cm³/mol. The number of aryl methyl sites for hydroxylation is 3. The lowest BCUT2D eigenvalue weighted by molar-refractivity contribution is 0.0635. The molecule has 2 heterocycles. The number of oxazole rings is 1. The molecular formula is C12H19NO2. The molecule has 1 aliphatic rings. The lowest BCUT2D eigenvalue weighted by atomic mass is 9.95. The molecule has 0 radical (unpaired) electrons. The zero-order chi connectivity index (χ0) is 10.7. The Labute approximate surface area is 90.8 Å². The Kier molecular flexibility index (Phi) is 3.41. The van der Waals surface area contributed by atoms with E-state index in [9.17, 15) is 0 Å². The van der Waals surface area contributed by atoms with Gasteiger partial charge in [-0.05, 0) is 39.0 Å². The molecule has 15 heavy (non-hydrogen) atoms. The van der Waals surface area contributed by atoms with Gasteiger partial charge in [-0.2, -0.15) is 0 Å². The van der Waals surface area contributed by atoms with Crippen LogP contribution in [0, 0.1) is 19.8 Å². The summed E-state index contributed by atoms with van der Waals surface area (Å²) in [4.78, 5) is 4.40. The average molecular weight is 209 g/mol. The Bertz CT molecular complexity index is 294. The molecule has 0 amide bonds. The van der Waals surface area contributed by atoms with Crippen LogP contribution in [0.25, 0.3) is 0 Å². The van der Waals surface area contributed by atoms with E-state index < -0.39 is 0 Å². The highest BCUT2D eigenvalue weighted by molar-refractivity contribution is 5.05. The molecule has 1 saturated heterocycles. The second kappa shape index (κ2) is 4.79. The van der Waals surface area contributed by atoms with E-state index in [4.69, 9.17) is 9.15 Å². The van der Waals surface area contributed by atoms with Gasteiger partial charge >= 0.3 is 0 Å². The fourth-order valence-corrected chi connectivity index (χ4v) is 2.01. The van der Waals surface area contributed by atoms with Crippen LogP contribution in [-0.2, 0) is 11.2 Å². The van der Waals surface area contributed by atoms with Gasteiger partial charge in [0.2, 0.25) is 0 Å². The number of hydrogen-bond acceptors (Lipinski definition) is 3. The largest absolute Gasteiger partial charge is 0.446 e. The van der Waals surface area contributed by atoms with Crippen LogP contribution in [0.15, 0.2) is 4.42 Å². The third kappa shape index (κ3) is 2.81. The molecular weight excluding hydrogens is 190 g/mol. The van der Waals surface area contributed by atoms with E-state index in [0.29, 0.717) is 0 Å². The first-order valence-corrected chi connectivity index (χ1v) is 5.76. The van der Waals surface area contributed by atoms with Crippen molar-refractivity contribution in [1.29, 1.82) is 0 Å². The molecule has 0 aromatic carbocycles. The smallest absolute Gasteiger partial charge is 0.194 e. The molecule has 0 bridgehead atoms. The molecule has 84 valence electrons. The van der Waals surface area contributed by atoms with Gasteiger partial charge in [0.05, 0.1) is 5.69 Å². The van der Waals surface area contributed by atoms with Gasteiger partial charge in [-0.15, -0.1) is 0 Å². The number of hydrogen-bond donors (Lipinski definition) is 0. The van der Waals surface area contributed by atoms with Gasteiger partial charge in [-0.3, -0.25) is 0 Å². The van der Waals surface area contributed by atoms with Gasteiger partial charge in [0.15, 0.2) is 5.89 Å². The Balaban J connectivity index is 1.81. The minimum Gasteiger partial charge on any atom is -0.446 e. The van der Waals surface area contributed by atoms with E-state index in [2.05, 4.69) is 4.98 Å². The SMILES string of the molecule is Cc1nc(CCC2CCOCC2)oc1C. The quantitative estimate of drug-likeness (QED) is 0.767. The summed E-state index contributed by atoms with van der Waals surface area (Å²) in [6.07, 6.45) is 4.54. The van der Waals surface area contributed by atoms with Crippen molar-refractivity contribution in [2.45, 2.75) is 39.5 Å². The first-order valence-electron chi connectivity index (χ1n) is 5.76. The van der Waals surface area contributed by atoms with Gasteiger partial charge in [0.25, 0.3) is 0 Å². The van der Waals surface area contributed by atoms with E-state index in [1.165, 1.54) is 19.3 Å². The molecule has 1 aromatic heterocycles. The first kappa shape index (κ1) is 10.7. The number of nitrogens with zero attached hydrogens (tertiary/aromatic N) is 1. The van der Waals surface area contributed by atoms with E-state index in [0.717, 1.165) is 42.9 Å². The van der Waals surface area contributed by atoms with Crippen molar-refractivity contribution in [1.82, 2.24) is 4.98 Å². The highest BCUT2D eigenvalue weighted by Gasteiger charge is 2.15. The third-order valence-corrected chi connectivity index (χ3v) is 3.18. The standard InChI is InChI=1S/C12H19NO2/c1-9-10(2)15-12(13-9)4-3-11-5-7-14-8-6-11/h11H,3-8H2,1-2H3. The van der Waals surface area contributed by atoms with Crippen molar-refractivity contribution in [2.75, 3.05) is 13.2 Å². The van der Waals surface area contributed by atoms with Gasteiger partial charge in [-0.25, -0.2) is 4.98 Å². The van der Waals surface area contributed by atoms with E-state index in [1.54, 1.807) is 0 Å². The number of rotatable bonds is 3. The van der Waals surface area contributed by atoms with Crippen LogP contribution in [0.1, 0.15) is 36.6 Å². The van der Waals surface area contributed by atoms with Crippen LogP contribution in [0.4, 0.5) is 0 Å². The maximum absolute atomic E-state index is 5.56. The van der Waals surface area contributed by atoms with Gasteiger partial charge in [-0.1, -0.05) is 0 Å². The summed E-state index contributed by atoms with van der Waals surface area (Å²) in [5.41, 5.74) is 1.02. The van der Waals surface area contributed by atoms with E-state index >= 15 is 0 Å². The van der Waals surface area contributed by atoms with Crippen molar-refractivity contribution in [2.24, 2.45) is 5.92 Å². The molecule has 0 unspecified atom stereocenters. The topological polar surface area (TPSA) is 35.3 Å². The molecule has 1 aromatic rings. The minimum atomic E-state index is 0.797.